The summed E-state index contributed by atoms with van der Waals surface area (Å²) in [5.74, 6) is 1.77. The number of hydrogen-bond acceptors (Lipinski definition) is 4. The van der Waals surface area contributed by atoms with Crippen LogP contribution in [0, 0.1) is 5.92 Å². The summed E-state index contributed by atoms with van der Waals surface area (Å²) in [6.45, 7) is 9.14. The molecule has 0 atom stereocenters. The number of piperidine rings is 1. The number of halogens is 1. The number of hydrogen-bond donors (Lipinski definition) is 1. The lowest BCUT2D eigenvalue weighted by molar-refractivity contribution is -0.154. The Hall–Kier alpha value is -2.83. The summed E-state index contributed by atoms with van der Waals surface area (Å²) < 4.78 is 5.90. The quantitative estimate of drug-likeness (QED) is 0.473. The molecule has 2 heterocycles. The Morgan fingerprint density at radius 2 is 1.64 bits per heavy atom. The molecule has 0 bridgehead atoms. The van der Waals surface area contributed by atoms with E-state index in [0.717, 1.165) is 44.0 Å². The molecule has 0 radical (unpaired) electrons. The Labute approximate surface area is 221 Å². The summed E-state index contributed by atoms with van der Waals surface area (Å²) in [5, 5.41) is 2.95. The number of allylic oxidation sites excluding steroid dienone is 1. The minimum absolute atomic E-state index is 0. The zero-order valence-corrected chi connectivity index (χ0v) is 22.4. The van der Waals surface area contributed by atoms with Gasteiger partial charge in [-0.25, -0.2) is 0 Å². The van der Waals surface area contributed by atoms with Gasteiger partial charge in [-0.3, -0.25) is 14.5 Å². The van der Waals surface area contributed by atoms with Crippen LogP contribution in [0.5, 0.6) is 11.5 Å². The standard InChI is InChI=1S/C29H37N3O3.ClH/c1-4-5-17-32-27(33)26(20-22(2)3)30-28(34)29(32)15-18-31(19-16-29)21-23-11-13-25(14-12-23)35-24-9-7-6-8-10-24;/h6-14,20,22H,4-5,15-19,21H2,1-3H3,(H,30,34);1H. The van der Waals surface area contributed by atoms with E-state index in [2.05, 4.69) is 29.3 Å². The van der Waals surface area contributed by atoms with Crippen LogP contribution >= 0.6 is 12.4 Å². The second kappa shape index (κ2) is 12.4. The fourth-order valence-corrected chi connectivity index (χ4v) is 4.96. The smallest absolute Gasteiger partial charge is 0.270 e. The first kappa shape index (κ1) is 27.8. The van der Waals surface area contributed by atoms with Gasteiger partial charge >= 0.3 is 0 Å². The number of likely N-dealkylation sites (tertiary alicyclic amines) is 1. The van der Waals surface area contributed by atoms with Gasteiger partial charge in [0, 0.05) is 26.2 Å². The van der Waals surface area contributed by atoms with E-state index in [-0.39, 0.29) is 30.1 Å². The fourth-order valence-electron chi connectivity index (χ4n) is 4.96. The Morgan fingerprint density at radius 3 is 2.25 bits per heavy atom. The van der Waals surface area contributed by atoms with Gasteiger partial charge in [0.25, 0.3) is 11.8 Å². The summed E-state index contributed by atoms with van der Waals surface area (Å²) in [7, 11) is 0. The third-order valence-electron chi connectivity index (χ3n) is 6.89. The number of unbranched alkanes of at least 4 members (excludes halogenated alkanes) is 1. The summed E-state index contributed by atoms with van der Waals surface area (Å²) in [4.78, 5) is 30.9. The van der Waals surface area contributed by atoms with Gasteiger partial charge in [-0.1, -0.05) is 63.6 Å². The van der Waals surface area contributed by atoms with E-state index in [1.54, 1.807) is 0 Å². The summed E-state index contributed by atoms with van der Waals surface area (Å²) >= 11 is 0. The molecule has 0 saturated carbocycles. The van der Waals surface area contributed by atoms with Crippen molar-refractivity contribution in [2.75, 3.05) is 19.6 Å². The number of carbonyl (C=O) groups excluding carboxylic acids is 2. The summed E-state index contributed by atoms with van der Waals surface area (Å²) in [6, 6.07) is 17.9. The molecule has 7 heteroatoms. The van der Waals surface area contributed by atoms with Crippen LogP contribution in [0.3, 0.4) is 0 Å². The molecule has 2 amide bonds. The molecule has 2 aromatic carbocycles. The predicted molar refractivity (Wildman–Crippen MR) is 145 cm³/mol. The first-order chi connectivity index (χ1) is 16.9. The van der Waals surface area contributed by atoms with Crippen LogP contribution in [0.15, 0.2) is 66.4 Å². The molecule has 194 valence electrons. The van der Waals surface area contributed by atoms with Gasteiger partial charge in [-0.2, -0.15) is 0 Å². The Morgan fingerprint density at radius 1 is 1.00 bits per heavy atom. The Bertz CT molecular complexity index is 1050. The van der Waals surface area contributed by atoms with Crippen LogP contribution in [0.25, 0.3) is 0 Å². The highest BCUT2D eigenvalue weighted by atomic mass is 35.5. The number of nitrogens with zero attached hydrogens (tertiary/aromatic N) is 2. The van der Waals surface area contributed by atoms with Crippen LogP contribution in [0.2, 0.25) is 0 Å². The van der Waals surface area contributed by atoms with Crippen LogP contribution in [0.1, 0.15) is 52.0 Å². The molecular weight excluding hydrogens is 474 g/mol. The van der Waals surface area contributed by atoms with Crippen molar-refractivity contribution in [1.82, 2.24) is 15.1 Å². The second-order valence-electron chi connectivity index (χ2n) is 9.96. The van der Waals surface area contributed by atoms with Crippen molar-refractivity contribution in [3.63, 3.8) is 0 Å². The van der Waals surface area contributed by atoms with Crippen molar-refractivity contribution >= 4 is 24.2 Å². The molecule has 1 spiro atoms. The van der Waals surface area contributed by atoms with Crippen molar-refractivity contribution in [3.05, 3.63) is 71.9 Å². The maximum Gasteiger partial charge on any atom is 0.270 e. The van der Waals surface area contributed by atoms with Gasteiger partial charge in [-0.15, -0.1) is 12.4 Å². The topological polar surface area (TPSA) is 61.9 Å². The number of carbonyl (C=O) groups is 2. The highest BCUT2D eigenvalue weighted by Crippen LogP contribution is 2.35. The Kier molecular flexibility index (Phi) is 9.57. The molecule has 0 unspecified atom stereocenters. The number of ether oxygens (including phenoxy) is 1. The van der Waals surface area contributed by atoms with E-state index < -0.39 is 5.54 Å². The number of amides is 2. The van der Waals surface area contributed by atoms with Crippen LogP contribution in [-0.4, -0.2) is 46.8 Å². The van der Waals surface area contributed by atoms with Gasteiger partial charge < -0.3 is 15.0 Å². The van der Waals surface area contributed by atoms with Crippen LogP contribution in [-0.2, 0) is 16.1 Å². The van der Waals surface area contributed by atoms with Crippen molar-refractivity contribution in [2.45, 2.75) is 58.5 Å². The molecule has 4 rings (SSSR count). The van der Waals surface area contributed by atoms with E-state index in [9.17, 15) is 9.59 Å². The number of benzene rings is 2. The fraction of sp³-hybridized carbons (Fsp3) is 0.448. The lowest BCUT2D eigenvalue weighted by atomic mass is 9.82. The minimum Gasteiger partial charge on any atom is -0.457 e. The monoisotopic (exact) mass is 511 g/mol. The van der Waals surface area contributed by atoms with Crippen molar-refractivity contribution < 1.29 is 14.3 Å². The van der Waals surface area contributed by atoms with E-state index in [4.69, 9.17) is 4.74 Å². The van der Waals surface area contributed by atoms with Gasteiger partial charge in [0.1, 0.15) is 22.7 Å². The van der Waals surface area contributed by atoms with E-state index in [0.29, 0.717) is 25.1 Å². The first-order valence-electron chi connectivity index (χ1n) is 12.8. The van der Waals surface area contributed by atoms with Gasteiger partial charge in [-0.05, 0) is 55.0 Å². The largest absolute Gasteiger partial charge is 0.457 e. The third-order valence-corrected chi connectivity index (χ3v) is 6.89. The molecule has 0 aliphatic carbocycles. The molecule has 2 aliphatic rings. The molecule has 36 heavy (non-hydrogen) atoms. The molecular formula is C29H38ClN3O3. The maximum atomic E-state index is 13.4. The van der Waals surface area contributed by atoms with E-state index in [1.807, 2.05) is 67.3 Å². The minimum atomic E-state index is -0.746. The molecule has 0 aromatic heterocycles. The van der Waals surface area contributed by atoms with Crippen LogP contribution < -0.4 is 10.1 Å². The molecule has 2 saturated heterocycles. The summed E-state index contributed by atoms with van der Waals surface area (Å²) in [5.41, 5.74) is 0.896. The van der Waals surface area contributed by atoms with Gasteiger partial charge in [0.15, 0.2) is 0 Å². The highest BCUT2D eigenvalue weighted by molar-refractivity contribution is 6.06. The second-order valence-corrected chi connectivity index (χ2v) is 9.96. The first-order valence-corrected chi connectivity index (χ1v) is 12.8. The normalized spacial score (nSPS) is 18.9. The average Bonchev–Trinajstić information content (AvgIpc) is 2.85. The van der Waals surface area contributed by atoms with Gasteiger partial charge in [0.2, 0.25) is 0 Å². The van der Waals surface area contributed by atoms with Crippen LogP contribution in [0.4, 0.5) is 0 Å². The summed E-state index contributed by atoms with van der Waals surface area (Å²) in [6.07, 6.45) is 5.06. The van der Waals surface area contributed by atoms with Gasteiger partial charge in [0.05, 0.1) is 0 Å². The molecule has 2 aromatic rings. The average molecular weight is 512 g/mol. The van der Waals surface area contributed by atoms with Crippen molar-refractivity contribution in [2.24, 2.45) is 5.92 Å². The number of para-hydroxylation sites is 1. The van der Waals surface area contributed by atoms with Crippen molar-refractivity contribution in [3.8, 4) is 11.5 Å². The number of rotatable bonds is 8. The zero-order valence-electron chi connectivity index (χ0n) is 21.5. The molecule has 1 N–H and O–H groups in total. The number of nitrogens with one attached hydrogen (secondary N) is 1. The highest BCUT2D eigenvalue weighted by Gasteiger charge is 2.52. The Balaban J connectivity index is 0.00000361. The molecule has 6 nitrogen and oxygen atoms in total. The lowest BCUT2D eigenvalue weighted by Crippen LogP contribution is -2.69. The third kappa shape index (κ3) is 6.29. The SMILES string of the molecule is CCCCN1C(=O)C(=CC(C)C)NC(=O)C12CCN(Cc1ccc(Oc3ccccc3)cc1)CC2.Cl. The molecule has 2 fully saturated rings. The predicted octanol–water partition coefficient (Wildman–Crippen LogP) is 5.53. The molecule has 2 aliphatic heterocycles. The van der Waals surface area contributed by atoms with E-state index >= 15 is 0 Å². The number of piperazine rings is 1. The zero-order chi connectivity index (χ0) is 24.8. The van der Waals surface area contributed by atoms with E-state index in [1.165, 1.54) is 5.56 Å². The lowest BCUT2D eigenvalue weighted by Gasteiger charge is -2.50. The van der Waals surface area contributed by atoms with Crippen molar-refractivity contribution in [1.29, 1.82) is 0 Å². The maximum absolute atomic E-state index is 13.4.